The maximum absolute atomic E-state index is 11.0. The predicted molar refractivity (Wildman–Crippen MR) is 52.0 cm³/mol. The zero-order valence-electron chi connectivity index (χ0n) is 8.78. The maximum Gasteiger partial charge on any atom is 0.246 e. The molecule has 0 bridgehead atoms. The Labute approximate surface area is 84.4 Å². The van der Waals surface area contributed by atoms with Gasteiger partial charge in [0, 0.05) is 13.7 Å². The van der Waals surface area contributed by atoms with Gasteiger partial charge >= 0.3 is 0 Å². The monoisotopic (exact) mass is 205 g/mol. The minimum atomic E-state index is -0.385. The SMILES string of the molecule is COCCOCC(=O)NCCC(C)O. The summed E-state index contributed by atoms with van der Waals surface area (Å²) < 4.78 is 9.74. The van der Waals surface area contributed by atoms with E-state index in [4.69, 9.17) is 14.6 Å². The van der Waals surface area contributed by atoms with Crippen LogP contribution in [-0.4, -0.2) is 50.6 Å². The normalized spacial score (nSPS) is 12.5. The number of hydrogen-bond acceptors (Lipinski definition) is 4. The molecule has 0 aliphatic rings. The Morgan fingerprint density at radius 3 is 2.79 bits per heavy atom. The van der Waals surface area contributed by atoms with Crippen molar-refractivity contribution >= 4 is 5.91 Å². The molecule has 0 spiro atoms. The first kappa shape index (κ1) is 13.4. The minimum Gasteiger partial charge on any atom is -0.393 e. The molecule has 1 atom stereocenters. The number of carbonyl (C=O) groups excluding carboxylic acids is 1. The lowest BCUT2D eigenvalue weighted by Crippen LogP contribution is -2.30. The van der Waals surface area contributed by atoms with Gasteiger partial charge in [-0.25, -0.2) is 0 Å². The quantitative estimate of drug-likeness (QED) is 0.526. The largest absolute Gasteiger partial charge is 0.393 e. The van der Waals surface area contributed by atoms with E-state index in [-0.39, 0.29) is 18.6 Å². The van der Waals surface area contributed by atoms with Crippen LogP contribution in [-0.2, 0) is 14.3 Å². The molecule has 0 aromatic carbocycles. The number of nitrogens with one attached hydrogen (secondary N) is 1. The second-order valence-electron chi connectivity index (χ2n) is 3.03. The summed E-state index contributed by atoms with van der Waals surface area (Å²) in [6.45, 7) is 3.11. The molecule has 0 aromatic heterocycles. The van der Waals surface area contributed by atoms with Gasteiger partial charge in [-0.1, -0.05) is 0 Å². The van der Waals surface area contributed by atoms with Crippen LogP contribution < -0.4 is 5.32 Å². The first-order valence-electron chi connectivity index (χ1n) is 4.68. The standard InChI is InChI=1S/C9H19NO4/c1-8(11)3-4-10-9(12)7-14-6-5-13-2/h8,11H,3-7H2,1-2H3,(H,10,12). The van der Waals surface area contributed by atoms with Gasteiger partial charge in [-0.3, -0.25) is 4.79 Å². The third-order valence-corrected chi connectivity index (χ3v) is 1.55. The molecule has 0 radical (unpaired) electrons. The topological polar surface area (TPSA) is 67.8 Å². The maximum atomic E-state index is 11.0. The van der Waals surface area contributed by atoms with Crippen LogP contribution in [0.5, 0.6) is 0 Å². The molecule has 0 fully saturated rings. The van der Waals surface area contributed by atoms with Crippen molar-refractivity contribution < 1.29 is 19.4 Å². The molecule has 0 aromatic rings. The molecule has 0 heterocycles. The van der Waals surface area contributed by atoms with E-state index in [9.17, 15) is 4.79 Å². The van der Waals surface area contributed by atoms with E-state index in [1.54, 1.807) is 14.0 Å². The van der Waals surface area contributed by atoms with E-state index in [1.807, 2.05) is 0 Å². The summed E-state index contributed by atoms with van der Waals surface area (Å²) in [6, 6.07) is 0. The summed E-state index contributed by atoms with van der Waals surface area (Å²) in [7, 11) is 1.58. The van der Waals surface area contributed by atoms with Gasteiger partial charge in [0.2, 0.25) is 5.91 Å². The fourth-order valence-corrected chi connectivity index (χ4v) is 0.779. The number of hydrogen-bond donors (Lipinski definition) is 2. The third-order valence-electron chi connectivity index (χ3n) is 1.55. The summed E-state index contributed by atoms with van der Waals surface area (Å²) in [5.41, 5.74) is 0. The van der Waals surface area contributed by atoms with Crippen molar-refractivity contribution in [2.24, 2.45) is 0 Å². The Bertz CT molecular complexity index is 150. The Morgan fingerprint density at radius 1 is 1.50 bits per heavy atom. The molecule has 5 heteroatoms. The lowest BCUT2D eigenvalue weighted by Gasteiger charge is -2.07. The molecular weight excluding hydrogens is 186 g/mol. The van der Waals surface area contributed by atoms with Crippen molar-refractivity contribution in [1.29, 1.82) is 0 Å². The predicted octanol–water partition coefficient (Wildman–Crippen LogP) is -0.463. The molecule has 0 saturated heterocycles. The van der Waals surface area contributed by atoms with Crippen LogP contribution in [0, 0.1) is 0 Å². The highest BCUT2D eigenvalue weighted by molar-refractivity contribution is 5.77. The lowest BCUT2D eigenvalue weighted by molar-refractivity contribution is -0.126. The van der Waals surface area contributed by atoms with Gasteiger partial charge in [0.1, 0.15) is 6.61 Å². The zero-order valence-corrected chi connectivity index (χ0v) is 8.78. The molecular formula is C9H19NO4. The van der Waals surface area contributed by atoms with Gasteiger partial charge in [0.15, 0.2) is 0 Å². The van der Waals surface area contributed by atoms with E-state index in [2.05, 4.69) is 5.32 Å². The highest BCUT2D eigenvalue weighted by Gasteiger charge is 2.01. The second-order valence-corrected chi connectivity index (χ2v) is 3.03. The van der Waals surface area contributed by atoms with Crippen LogP contribution in [0.25, 0.3) is 0 Å². The Kier molecular flexibility index (Phi) is 8.51. The van der Waals surface area contributed by atoms with Gasteiger partial charge in [-0.05, 0) is 13.3 Å². The lowest BCUT2D eigenvalue weighted by atomic mass is 10.3. The molecule has 0 aliphatic carbocycles. The minimum absolute atomic E-state index is 0.0448. The van der Waals surface area contributed by atoms with E-state index < -0.39 is 0 Å². The van der Waals surface area contributed by atoms with E-state index in [1.165, 1.54) is 0 Å². The number of methoxy groups -OCH3 is 1. The molecule has 0 rings (SSSR count). The van der Waals surface area contributed by atoms with Crippen LogP contribution in [0.3, 0.4) is 0 Å². The van der Waals surface area contributed by atoms with Crippen molar-refractivity contribution in [3.8, 4) is 0 Å². The number of ether oxygens (including phenoxy) is 2. The molecule has 1 unspecified atom stereocenters. The molecule has 1 amide bonds. The first-order valence-corrected chi connectivity index (χ1v) is 4.68. The van der Waals surface area contributed by atoms with Crippen LogP contribution in [0.15, 0.2) is 0 Å². The average Bonchev–Trinajstić information content (AvgIpc) is 2.12. The number of carbonyl (C=O) groups is 1. The molecule has 2 N–H and O–H groups in total. The van der Waals surface area contributed by atoms with Gasteiger partial charge in [-0.15, -0.1) is 0 Å². The summed E-state index contributed by atoms with van der Waals surface area (Å²) in [4.78, 5) is 11.0. The summed E-state index contributed by atoms with van der Waals surface area (Å²) in [6.07, 6.45) is 0.175. The Morgan fingerprint density at radius 2 is 2.21 bits per heavy atom. The highest BCUT2D eigenvalue weighted by Crippen LogP contribution is 1.86. The van der Waals surface area contributed by atoms with Gasteiger partial charge in [0.25, 0.3) is 0 Å². The number of aliphatic hydroxyl groups excluding tert-OH is 1. The fraction of sp³-hybridized carbons (Fsp3) is 0.889. The highest BCUT2D eigenvalue weighted by atomic mass is 16.5. The fourth-order valence-electron chi connectivity index (χ4n) is 0.779. The summed E-state index contributed by atoms with van der Waals surface area (Å²) in [5.74, 6) is -0.165. The number of aliphatic hydroxyl groups is 1. The van der Waals surface area contributed by atoms with Gasteiger partial charge < -0.3 is 19.9 Å². The van der Waals surface area contributed by atoms with Crippen LogP contribution in [0.4, 0.5) is 0 Å². The van der Waals surface area contributed by atoms with Gasteiger partial charge in [-0.2, -0.15) is 0 Å². The molecule has 0 saturated carbocycles. The van der Waals surface area contributed by atoms with E-state index in [0.29, 0.717) is 26.2 Å². The smallest absolute Gasteiger partial charge is 0.246 e. The number of rotatable bonds is 8. The van der Waals surface area contributed by atoms with Crippen molar-refractivity contribution in [2.45, 2.75) is 19.4 Å². The van der Waals surface area contributed by atoms with Crippen LogP contribution >= 0.6 is 0 Å². The molecule has 14 heavy (non-hydrogen) atoms. The van der Waals surface area contributed by atoms with Crippen LogP contribution in [0.1, 0.15) is 13.3 Å². The van der Waals surface area contributed by atoms with Crippen molar-refractivity contribution in [1.82, 2.24) is 5.32 Å². The Balaban J connectivity index is 3.20. The average molecular weight is 205 g/mol. The van der Waals surface area contributed by atoms with Crippen molar-refractivity contribution in [2.75, 3.05) is 33.5 Å². The Hall–Kier alpha value is -0.650. The molecule has 0 aliphatic heterocycles. The van der Waals surface area contributed by atoms with Crippen molar-refractivity contribution in [3.05, 3.63) is 0 Å². The van der Waals surface area contributed by atoms with Crippen LogP contribution in [0.2, 0.25) is 0 Å². The van der Waals surface area contributed by atoms with E-state index >= 15 is 0 Å². The third kappa shape index (κ3) is 9.44. The molecule has 84 valence electrons. The summed E-state index contributed by atoms with van der Waals surface area (Å²) in [5, 5.41) is 11.5. The van der Waals surface area contributed by atoms with E-state index in [0.717, 1.165) is 0 Å². The summed E-state index contributed by atoms with van der Waals surface area (Å²) >= 11 is 0. The van der Waals surface area contributed by atoms with Crippen molar-refractivity contribution in [3.63, 3.8) is 0 Å². The molecule has 5 nitrogen and oxygen atoms in total. The zero-order chi connectivity index (χ0) is 10.8. The second kappa shape index (κ2) is 8.93. The van der Waals surface area contributed by atoms with Gasteiger partial charge in [0.05, 0.1) is 19.3 Å². The number of amides is 1. The first-order chi connectivity index (χ1) is 6.66.